The van der Waals surface area contributed by atoms with Crippen LogP contribution in [0.3, 0.4) is 0 Å². The van der Waals surface area contributed by atoms with Crippen LogP contribution in [0, 0.1) is 5.41 Å². The average molecular weight is 346 g/mol. The van der Waals surface area contributed by atoms with E-state index in [2.05, 4.69) is 0 Å². The Hall–Kier alpha value is -0.810. The number of benzene rings is 1. The van der Waals surface area contributed by atoms with E-state index in [0.717, 1.165) is 0 Å². The zero-order valence-electron chi connectivity index (χ0n) is 13.0. The Kier molecular flexibility index (Phi) is 5.07. The van der Waals surface area contributed by atoms with E-state index in [-0.39, 0.29) is 17.5 Å². The van der Waals surface area contributed by atoms with Crippen LogP contribution in [0.5, 0.6) is 0 Å². The van der Waals surface area contributed by atoms with E-state index in [1.54, 1.807) is 30.2 Å². The fourth-order valence-corrected chi connectivity index (χ4v) is 3.26. The van der Waals surface area contributed by atoms with E-state index in [0.29, 0.717) is 30.1 Å². The molecule has 1 unspecified atom stereocenters. The summed E-state index contributed by atoms with van der Waals surface area (Å²) in [6.45, 7) is 5.00. The summed E-state index contributed by atoms with van der Waals surface area (Å²) in [5, 5.41) is 11.4. The van der Waals surface area contributed by atoms with Crippen LogP contribution in [0.25, 0.3) is 0 Å². The van der Waals surface area contributed by atoms with Gasteiger partial charge in [-0.2, -0.15) is 0 Å². The number of likely N-dealkylation sites (tertiary alicyclic amines) is 1. The fourth-order valence-electron chi connectivity index (χ4n) is 2.88. The first-order valence-corrected chi connectivity index (χ1v) is 7.92. The van der Waals surface area contributed by atoms with Crippen molar-refractivity contribution in [3.05, 3.63) is 33.8 Å². The number of aliphatic hydroxyl groups is 1. The van der Waals surface area contributed by atoms with Gasteiger partial charge in [0.1, 0.15) is 0 Å². The molecule has 1 aliphatic rings. The van der Waals surface area contributed by atoms with Crippen LogP contribution < -0.4 is 0 Å². The summed E-state index contributed by atoms with van der Waals surface area (Å²) < 4.78 is 5.14. The van der Waals surface area contributed by atoms with E-state index in [4.69, 9.17) is 27.9 Å². The lowest BCUT2D eigenvalue weighted by molar-refractivity contribution is -0.144. The number of carbonyl (C=O) groups excluding carboxylic acids is 1. The molecule has 1 heterocycles. The van der Waals surface area contributed by atoms with E-state index >= 15 is 0 Å². The lowest BCUT2D eigenvalue weighted by Crippen LogP contribution is -2.60. The van der Waals surface area contributed by atoms with Crippen molar-refractivity contribution in [2.24, 2.45) is 5.41 Å². The van der Waals surface area contributed by atoms with Crippen LogP contribution in [0.15, 0.2) is 18.2 Å². The second-order valence-corrected chi connectivity index (χ2v) is 7.21. The van der Waals surface area contributed by atoms with Crippen LogP contribution in [0.4, 0.5) is 0 Å². The molecule has 1 N–H and O–H groups in total. The first-order valence-electron chi connectivity index (χ1n) is 7.16. The number of carbonyl (C=O) groups is 1. The molecule has 1 atom stereocenters. The highest BCUT2D eigenvalue weighted by atomic mass is 35.5. The topological polar surface area (TPSA) is 49.8 Å². The number of nitrogens with zero attached hydrogens (tertiary/aromatic N) is 1. The molecule has 122 valence electrons. The van der Waals surface area contributed by atoms with Gasteiger partial charge in [0.05, 0.1) is 27.8 Å². The summed E-state index contributed by atoms with van der Waals surface area (Å²) in [5.41, 5.74) is -1.04. The van der Waals surface area contributed by atoms with E-state index < -0.39 is 11.0 Å². The predicted molar refractivity (Wildman–Crippen MR) is 87.6 cm³/mol. The van der Waals surface area contributed by atoms with Gasteiger partial charge in [-0.3, -0.25) is 4.79 Å². The molecule has 1 saturated heterocycles. The molecule has 1 fully saturated rings. The summed E-state index contributed by atoms with van der Waals surface area (Å²) in [7, 11) is 1.57. The minimum atomic E-state index is -0.948. The second kappa shape index (κ2) is 6.36. The summed E-state index contributed by atoms with van der Waals surface area (Å²) in [4.78, 5) is 14.4. The zero-order valence-corrected chi connectivity index (χ0v) is 14.5. The van der Waals surface area contributed by atoms with Crippen LogP contribution in [0.1, 0.15) is 30.6 Å². The minimum absolute atomic E-state index is 0.167. The number of ether oxygens (including phenoxy) is 1. The molecule has 0 bridgehead atoms. The quantitative estimate of drug-likeness (QED) is 0.914. The number of hydrogen-bond donors (Lipinski definition) is 1. The summed E-state index contributed by atoms with van der Waals surface area (Å²) in [6, 6.07) is 5.02. The van der Waals surface area contributed by atoms with Crippen molar-refractivity contribution in [3.8, 4) is 0 Å². The SMILES string of the molecule is COCC1(O)CCN(C(=O)c2cccc(Cl)c2Cl)CC1(C)C. The molecule has 0 spiro atoms. The second-order valence-electron chi connectivity index (χ2n) is 6.43. The summed E-state index contributed by atoms with van der Waals surface area (Å²) >= 11 is 12.1. The van der Waals surface area contributed by atoms with Crippen molar-refractivity contribution in [3.63, 3.8) is 0 Å². The van der Waals surface area contributed by atoms with Gasteiger partial charge in [0.15, 0.2) is 0 Å². The van der Waals surface area contributed by atoms with Gasteiger partial charge in [-0.15, -0.1) is 0 Å². The smallest absolute Gasteiger partial charge is 0.255 e. The summed E-state index contributed by atoms with van der Waals surface area (Å²) in [5.74, 6) is -0.167. The van der Waals surface area contributed by atoms with Crippen molar-refractivity contribution in [1.82, 2.24) is 4.90 Å². The van der Waals surface area contributed by atoms with Crippen LogP contribution in [-0.4, -0.2) is 48.3 Å². The Morgan fingerprint density at radius 2 is 2.09 bits per heavy atom. The molecule has 0 saturated carbocycles. The third kappa shape index (κ3) is 3.11. The van der Waals surface area contributed by atoms with E-state index in [9.17, 15) is 9.90 Å². The Balaban J connectivity index is 2.22. The van der Waals surface area contributed by atoms with Crippen LogP contribution >= 0.6 is 23.2 Å². The van der Waals surface area contributed by atoms with Gasteiger partial charge in [-0.25, -0.2) is 0 Å². The van der Waals surface area contributed by atoms with Gasteiger partial charge in [0.2, 0.25) is 0 Å². The van der Waals surface area contributed by atoms with Gasteiger partial charge in [-0.05, 0) is 18.6 Å². The standard InChI is InChI=1S/C16H21Cl2NO3/c1-15(2)9-19(8-7-16(15,21)10-22-3)14(20)11-5-4-6-12(17)13(11)18/h4-6,21H,7-10H2,1-3H3. The van der Waals surface area contributed by atoms with E-state index in [1.165, 1.54) is 0 Å². The highest BCUT2D eigenvalue weighted by molar-refractivity contribution is 6.43. The highest BCUT2D eigenvalue weighted by Gasteiger charge is 2.48. The third-order valence-electron chi connectivity index (χ3n) is 4.49. The lowest BCUT2D eigenvalue weighted by atomic mass is 9.70. The fraction of sp³-hybridized carbons (Fsp3) is 0.562. The first-order chi connectivity index (χ1) is 10.2. The molecule has 1 aliphatic heterocycles. The molecule has 0 aliphatic carbocycles. The van der Waals surface area contributed by atoms with Crippen LogP contribution in [0.2, 0.25) is 10.0 Å². The highest BCUT2D eigenvalue weighted by Crippen LogP contribution is 2.39. The average Bonchev–Trinajstić information content (AvgIpc) is 2.44. The molecule has 0 radical (unpaired) electrons. The maximum absolute atomic E-state index is 12.7. The van der Waals surface area contributed by atoms with Gasteiger partial charge in [0.25, 0.3) is 5.91 Å². The molecular weight excluding hydrogens is 325 g/mol. The molecule has 0 aromatic heterocycles. The van der Waals surface area contributed by atoms with Gasteiger partial charge in [-0.1, -0.05) is 43.1 Å². The van der Waals surface area contributed by atoms with E-state index in [1.807, 2.05) is 13.8 Å². The third-order valence-corrected chi connectivity index (χ3v) is 5.31. The molecule has 2 rings (SSSR count). The predicted octanol–water partition coefficient (Wildman–Crippen LogP) is 3.24. The van der Waals surface area contributed by atoms with Crippen molar-refractivity contribution in [2.45, 2.75) is 25.9 Å². The summed E-state index contributed by atoms with van der Waals surface area (Å²) in [6.07, 6.45) is 0.456. The van der Waals surface area contributed by atoms with Gasteiger partial charge in [0, 0.05) is 25.6 Å². The normalized spacial score (nSPS) is 24.4. The Labute approximate surface area is 141 Å². The van der Waals surface area contributed by atoms with Crippen molar-refractivity contribution >= 4 is 29.1 Å². The molecule has 1 aromatic carbocycles. The maximum atomic E-state index is 12.7. The molecule has 1 aromatic rings. The number of amides is 1. The number of piperidine rings is 1. The molecular formula is C16H21Cl2NO3. The minimum Gasteiger partial charge on any atom is -0.387 e. The van der Waals surface area contributed by atoms with Crippen molar-refractivity contribution in [1.29, 1.82) is 0 Å². The monoisotopic (exact) mass is 345 g/mol. The molecule has 4 nitrogen and oxygen atoms in total. The Bertz CT molecular complexity index is 577. The van der Waals surface area contributed by atoms with Gasteiger partial charge < -0.3 is 14.7 Å². The molecule has 1 amide bonds. The van der Waals surface area contributed by atoms with Crippen molar-refractivity contribution < 1.29 is 14.6 Å². The first kappa shape index (κ1) is 17.5. The molecule has 22 heavy (non-hydrogen) atoms. The number of hydrogen-bond acceptors (Lipinski definition) is 3. The van der Waals surface area contributed by atoms with Crippen molar-refractivity contribution in [2.75, 3.05) is 26.8 Å². The number of rotatable bonds is 3. The molecule has 6 heteroatoms. The Morgan fingerprint density at radius 1 is 1.41 bits per heavy atom. The zero-order chi connectivity index (χ0) is 16.5. The largest absolute Gasteiger partial charge is 0.387 e. The number of halogens is 2. The number of methoxy groups -OCH3 is 1. The maximum Gasteiger partial charge on any atom is 0.255 e. The lowest BCUT2D eigenvalue weighted by Gasteiger charge is -2.50. The Morgan fingerprint density at radius 3 is 2.68 bits per heavy atom. The van der Waals surface area contributed by atoms with Gasteiger partial charge >= 0.3 is 0 Å². The van der Waals surface area contributed by atoms with Crippen LogP contribution in [-0.2, 0) is 4.74 Å².